The van der Waals surface area contributed by atoms with Gasteiger partial charge in [-0.05, 0) is 36.4 Å². The fourth-order valence-corrected chi connectivity index (χ4v) is 7.91. The van der Waals surface area contributed by atoms with Gasteiger partial charge in [0.25, 0.3) is 0 Å². The van der Waals surface area contributed by atoms with Crippen molar-refractivity contribution in [1.29, 1.82) is 0 Å². The molecule has 0 radical (unpaired) electrons. The average molecular weight is 594 g/mol. The fourth-order valence-electron chi connectivity index (χ4n) is 6.78. The Morgan fingerprint density at radius 3 is 1.82 bits per heavy atom. The lowest BCUT2D eigenvalue weighted by molar-refractivity contribution is 1.00. The van der Waals surface area contributed by atoms with Gasteiger partial charge in [-0.25, -0.2) is 4.98 Å². The number of hydrogen-bond acceptors (Lipinski definition) is 5. The molecular weight excluding hydrogens is 571 g/mol. The molecule has 10 rings (SSSR count). The van der Waals surface area contributed by atoms with Gasteiger partial charge in [0.2, 0.25) is 5.95 Å². The molecule has 6 aromatic carbocycles. The van der Waals surface area contributed by atoms with Crippen molar-refractivity contribution < 1.29 is 0 Å². The van der Waals surface area contributed by atoms with Crippen LogP contribution in [-0.4, -0.2) is 19.5 Å². The zero-order chi connectivity index (χ0) is 29.5. The Morgan fingerprint density at radius 1 is 0.444 bits per heavy atom. The van der Waals surface area contributed by atoms with Crippen LogP contribution in [-0.2, 0) is 0 Å². The topological polar surface area (TPSA) is 46.8 Å². The third-order valence-corrected chi connectivity index (χ3v) is 9.89. The van der Waals surface area contributed by atoms with Crippen molar-refractivity contribution in [2.75, 3.05) is 4.90 Å². The summed E-state index contributed by atoms with van der Waals surface area (Å²) in [5, 5.41) is 5.05. The van der Waals surface area contributed by atoms with Crippen LogP contribution in [0.3, 0.4) is 0 Å². The summed E-state index contributed by atoms with van der Waals surface area (Å²) in [5.41, 5.74) is 7.40. The highest BCUT2D eigenvalue weighted by Crippen LogP contribution is 2.50. The number of fused-ring (bicyclic) bond motifs is 8. The first-order valence-electron chi connectivity index (χ1n) is 15.0. The zero-order valence-corrected chi connectivity index (χ0v) is 24.7. The molecule has 0 amide bonds. The smallest absolute Gasteiger partial charge is 0.238 e. The molecule has 0 unspecified atom stereocenters. The standard InChI is InChI=1S/C39H23N5S/c1-3-12-24(13-4-1)37-40-38(25-14-5-2-6-15-25)42-39(41-37)44-31-19-9-8-18-30(31)43-33-22-29-26-16-7-10-21-34(26)45-35(29)23-28(33)27-17-11-20-32(44)36(27)43/h1-23H. The highest BCUT2D eigenvalue weighted by atomic mass is 32.1. The second-order valence-corrected chi connectivity index (χ2v) is 12.4. The number of rotatable bonds is 3. The molecule has 0 fully saturated rings. The quantitative estimate of drug-likeness (QED) is 0.204. The first kappa shape index (κ1) is 24.6. The van der Waals surface area contributed by atoms with Crippen molar-refractivity contribution in [2.45, 2.75) is 0 Å². The molecule has 0 atom stereocenters. The maximum Gasteiger partial charge on any atom is 0.238 e. The molecule has 0 bridgehead atoms. The number of para-hydroxylation sites is 3. The van der Waals surface area contributed by atoms with E-state index in [0.29, 0.717) is 17.6 Å². The van der Waals surface area contributed by atoms with Crippen LogP contribution in [0.25, 0.3) is 70.4 Å². The lowest BCUT2D eigenvalue weighted by Gasteiger charge is -2.31. The first-order chi connectivity index (χ1) is 22.3. The molecule has 0 spiro atoms. The Labute approximate surface area is 262 Å². The lowest BCUT2D eigenvalue weighted by atomic mass is 10.1. The second-order valence-electron chi connectivity index (χ2n) is 11.3. The summed E-state index contributed by atoms with van der Waals surface area (Å²) in [6.45, 7) is 0. The van der Waals surface area contributed by atoms with E-state index >= 15 is 0 Å². The average Bonchev–Trinajstić information content (AvgIpc) is 3.64. The Kier molecular flexibility index (Phi) is 5.09. The van der Waals surface area contributed by atoms with Crippen molar-refractivity contribution in [3.8, 4) is 28.5 Å². The maximum absolute atomic E-state index is 5.13. The molecule has 0 aliphatic carbocycles. The Balaban J connectivity index is 1.29. The summed E-state index contributed by atoms with van der Waals surface area (Å²) < 4.78 is 5.04. The Bertz CT molecular complexity index is 2550. The third-order valence-electron chi connectivity index (χ3n) is 8.76. The molecule has 0 saturated heterocycles. The molecule has 1 aliphatic rings. The predicted octanol–water partition coefficient (Wildman–Crippen LogP) is 10.5. The van der Waals surface area contributed by atoms with Crippen LogP contribution in [0.15, 0.2) is 140 Å². The summed E-state index contributed by atoms with van der Waals surface area (Å²) in [4.78, 5) is 17.4. The van der Waals surface area contributed by atoms with E-state index in [1.165, 1.54) is 36.5 Å². The van der Waals surface area contributed by atoms with Crippen LogP contribution >= 0.6 is 11.3 Å². The van der Waals surface area contributed by atoms with Gasteiger partial charge in [-0.2, -0.15) is 9.97 Å². The summed E-state index contributed by atoms with van der Waals surface area (Å²) in [7, 11) is 0. The van der Waals surface area contributed by atoms with Crippen LogP contribution < -0.4 is 4.90 Å². The third kappa shape index (κ3) is 3.57. The number of hydrogen-bond donors (Lipinski definition) is 0. The minimum Gasteiger partial charge on any atom is -0.305 e. The molecule has 3 aromatic heterocycles. The van der Waals surface area contributed by atoms with Gasteiger partial charge in [-0.1, -0.05) is 103 Å². The maximum atomic E-state index is 5.13. The van der Waals surface area contributed by atoms with Gasteiger partial charge in [-0.3, -0.25) is 4.90 Å². The molecule has 6 heteroatoms. The summed E-state index contributed by atoms with van der Waals surface area (Å²) in [5.74, 6) is 1.87. The number of anilines is 3. The van der Waals surface area contributed by atoms with E-state index in [4.69, 9.17) is 15.0 Å². The van der Waals surface area contributed by atoms with E-state index in [1.807, 2.05) is 72.0 Å². The molecule has 0 saturated carbocycles. The van der Waals surface area contributed by atoms with Crippen molar-refractivity contribution in [2.24, 2.45) is 0 Å². The molecule has 9 aromatic rings. The van der Waals surface area contributed by atoms with Gasteiger partial charge >= 0.3 is 0 Å². The van der Waals surface area contributed by atoms with Gasteiger partial charge in [0.15, 0.2) is 11.6 Å². The fraction of sp³-hybridized carbons (Fsp3) is 0. The number of benzene rings is 6. The van der Waals surface area contributed by atoms with Gasteiger partial charge in [-0.15, -0.1) is 11.3 Å². The van der Waals surface area contributed by atoms with Crippen LogP contribution in [0.2, 0.25) is 0 Å². The molecule has 5 nitrogen and oxygen atoms in total. The highest BCUT2D eigenvalue weighted by molar-refractivity contribution is 7.25. The lowest BCUT2D eigenvalue weighted by Crippen LogP contribution is -2.21. The van der Waals surface area contributed by atoms with Gasteiger partial charge in [0, 0.05) is 42.1 Å². The molecule has 1 aliphatic heterocycles. The number of thiophene rings is 1. The summed E-state index contributed by atoms with van der Waals surface area (Å²) >= 11 is 1.86. The van der Waals surface area contributed by atoms with Gasteiger partial charge < -0.3 is 4.57 Å². The minimum absolute atomic E-state index is 0.589. The van der Waals surface area contributed by atoms with E-state index in [-0.39, 0.29) is 0 Å². The molecule has 210 valence electrons. The monoisotopic (exact) mass is 593 g/mol. The first-order valence-corrected chi connectivity index (χ1v) is 15.8. The van der Waals surface area contributed by atoms with E-state index in [2.05, 4.69) is 88.3 Å². The highest BCUT2D eigenvalue weighted by Gasteiger charge is 2.31. The number of nitrogens with zero attached hydrogens (tertiary/aromatic N) is 5. The van der Waals surface area contributed by atoms with E-state index < -0.39 is 0 Å². The van der Waals surface area contributed by atoms with Crippen LogP contribution in [0.5, 0.6) is 0 Å². The summed E-state index contributed by atoms with van der Waals surface area (Å²) in [6.07, 6.45) is 0. The van der Waals surface area contributed by atoms with Crippen LogP contribution in [0.4, 0.5) is 17.3 Å². The molecule has 45 heavy (non-hydrogen) atoms. The molecule has 0 N–H and O–H groups in total. The minimum atomic E-state index is 0.589. The van der Waals surface area contributed by atoms with Gasteiger partial charge in [0.05, 0.1) is 28.1 Å². The van der Waals surface area contributed by atoms with Crippen LogP contribution in [0.1, 0.15) is 0 Å². The number of aromatic nitrogens is 4. The van der Waals surface area contributed by atoms with Crippen molar-refractivity contribution in [1.82, 2.24) is 19.5 Å². The normalized spacial score (nSPS) is 12.4. The van der Waals surface area contributed by atoms with Gasteiger partial charge in [0.1, 0.15) is 0 Å². The van der Waals surface area contributed by atoms with Crippen LogP contribution in [0, 0.1) is 0 Å². The van der Waals surface area contributed by atoms with Crippen molar-refractivity contribution >= 4 is 70.6 Å². The summed E-state index contributed by atoms with van der Waals surface area (Å²) in [6, 6.07) is 48.9. The Hall–Kier alpha value is -5.85. The zero-order valence-electron chi connectivity index (χ0n) is 23.9. The predicted molar refractivity (Wildman–Crippen MR) is 186 cm³/mol. The van der Waals surface area contributed by atoms with E-state index in [9.17, 15) is 0 Å². The second kappa shape index (κ2) is 9.32. The van der Waals surface area contributed by atoms with Crippen molar-refractivity contribution in [3.63, 3.8) is 0 Å². The Morgan fingerprint density at radius 2 is 1.07 bits per heavy atom. The van der Waals surface area contributed by atoms with Crippen molar-refractivity contribution in [3.05, 3.63) is 140 Å². The molecule has 4 heterocycles. The van der Waals surface area contributed by atoms with E-state index in [1.54, 1.807) is 0 Å². The van der Waals surface area contributed by atoms with E-state index in [0.717, 1.165) is 33.7 Å². The SMILES string of the molecule is c1ccc(-c2nc(-c3ccccc3)nc(N3c4ccccc4-n4c5cc6c(cc5c5cccc3c54)sc3ccccc36)n2)cc1. The molecular formula is C39H23N5S. The largest absolute Gasteiger partial charge is 0.305 e.